The second-order valence-corrected chi connectivity index (χ2v) is 5.17. The minimum Gasteiger partial charge on any atom is -0.381 e. The van der Waals surface area contributed by atoms with Gasteiger partial charge in [-0.15, -0.1) is 0 Å². The molecule has 0 N–H and O–H groups in total. The van der Waals surface area contributed by atoms with E-state index < -0.39 is 0 Å². The van der Waals surface area contributed by atoms with E-state index in [-0.39, 0.29) is 5.92 Å². The third-order valence-electron chi connectivity index (χ3n) is 3.74. The van der Waals surface area contributed by atoms with E-state index in [9.17, 15) is 4.79 Å². The number of carbonyl (C=O) groups is 1. The smallest absolute Gasteiger partial charge is 0.152 e. The van der Waals surface area contributed by atoms with Crippen molar-refractivity contribution in [3.63, 3.8) is 0 Å². The first-order valence-corrected chi connectivity index (χ1v) is 6.16. The van der Waals surface area contributed by atoms with Gasteiger partial charge in [-0.3, -0.25) is 9.69 Å². The Bertz CT molecular complexity index is 249. The van der Waals surface area contributed by atoms with Crippen molar-refractivity contribution in [2.45, 2.75) is 18.9 Å². The van der Waals surface area contributed by atoms with Gasteiger partial charge in [0.15, 0.2) is 5.78 Å². The molecule has 4 nitrogen and oxygen atoms in total. The Hall–Kier alpha value is -0.450. The van der Waals surface area contributed by atoms with Crippen LogP contribution in [0.2, 0.25) is 0 Å². The molecule has 2 atom stereocenters. The zero-order chi connectivity index (χ0) is 11.5. The van der Waals surface area contributed by atoms with Gasteiger partial charge in [0.2, 0.25) is 0 Å². The lowest BCUT2D eigenvalue weighted by molar-refractivity contribution is -0.123. The summed E-state index contributed by atoms with van der Waals surface area (Å²) in [6, 6.07) is 0.618. The molecule has 2 saturated heterocycles. The number of hydrogen-bond acceptors (Lipinski definition) is 4. The van der Waals surface area contributed by atoms with Gasteiger partial charge in [-0.05, 0) is 26.9 Å². The van der Waals surface area contributed by atoms with Crippen LogP contribution in [0.25, 0.3) is 0 Å². The summed E-state index contributed by atoms with van der Waals surface area (Å²) in [6.07, 6.45) is 2.10. The molecule has 0 aromatic rings. The van der Waals surface area contributed by atoms with Gasteiger partial charge >= 0.3 is 0 Å². The monoisotopic (exact) mass is 226 g/mol. The highest BCUT2D eigenvalue weighted by molar-refractivity contribution is 5.83. The molecule has 0 saturated carbocycles. The Labute approximate surface area is 97.5 Å². The van der Waals surface area contributed by atoms with Crippen LogP contribution < -0.4 is 0 Å². The number of hydrogen-bond donors (Lipinski definition) is 0. The molecule has 2 rings (SSSR count). The summed E-state index contributed by atoms with van der Waals surface area (Å²) in [6.45, 7) is 4.12. The van der Waals surface area contributed by atoms with Crippen molar-refractivity contribution in [2.75, 3.05) is 46.9 Å². The van der Waals surface area contributed by atoms with Crippen LogP contribution in [-0.2, 0) is 9.53 Å². The van der Waals surface area contributed by atoms with E-state index >= 15 is 0 Å². The molecule has 2 aliphatic heterocycles. The van der Waals surface area contributed by atoms with Gasteiger partial charge < -0.3 is 9.64 Å². The highest BCUT2D eigenvalue weighted by Crippen LogP contribution is 2.17. The van der Waals surface area contributed by atoms with Crippen molar-refractivity contribution in [3.8, 4) is 0 Å². The molecule has 0 aromatic carbocycles. The Morgan fingerprint density at radius 3 is 2.81 bits per heavy atom. The lowest BCUT2D eigenvalue weighted by atomic mass is 10.0. The van der Waals surface area contributed by atoms with Gasteiger partial charge in [0.25, 0.3) is 0 Å². The molecule has 4 heteroatoms. The van der Waals surface area contributed by atoms with E-state index in [0.717, 1.165) is 26.1 Å². The Kier molecular flexibility index (Phi) is 3.95. The second kappa shape index (κ2) is 5.25. The summed E-state index contributed by atoms with van der Waals surface area (Å²) in [5.41, 5.74) is 0. The molecule has 0 aliphatic carbocycles. The predicted octanol–water partition coefficient (Wildman–Crippen LogP) is 0.228. The predicted molar refractivity (Wildman–Crippen MR) is 62.5 cm³/mol. The van der Waals surface area contributed by atoms with Gasteiger partial charge in [-0.2, -0.15) is 0 Å². The summed E-state index contributed by atoms with van der Waals surface area (Å²) >= 11 is 0. The number of carbonyl (C=O) groups excluding carboxylic acids is 1. The number of likely N-dealkylation sites (N-methyl/N-ethyl adjacent to an activating group) is 1. The normalized spacial score (nSPS) is 31.4. The van der Waals surface area contributed by atoms with Crippen LogP contribution >= 0.6 is 0 Å². The highest BCUT2D eigenvalue weighted by Gasteiger charge is 2.29. The van der Waals surface area contributed by atoms with Crippen LogP contribution in [0.15, 0.2) is 0 Å². The number of rotatable bonds is 4. The Balaban J connectivity index is 1.76. The second-order valence-electron chi connectivity index (χ2n) is 5.17. The van der Waals surface area contributed by atoms with Crippen molar-refractivity contribution < 1.29 is 9.53 Å². The summed E-state index contributed by atoms with van der Waals surface area (Å²) in [5.74, 6) is 0.537. The minimum absolute atomic E-state index is 0.165. The number of Topliss-reactive ketones (excluding diaryl/α,β-unsaturated/α-hetero) is 1. The van der Waals surface area contributed by atoms with Crippen LogP contribution in [0.3, 0.4) is 0 Å². The maximum atomic E-state index is 11.9. The van der Waals surface area contributed by atoms with Crippen LogP contribution in [-0.4, -0.2) is 68.6 Å². The Morgan fingerprint density at radius 1 is 1.44 bits per heavy atom. The molecule has 2 fully saturated rings. The molecule has 0 aromatic heterocycles. The van der Waals surface area contributed by atoms with Crippen molar-refractivity contribution in [1.29, 1.82) is 0 Å². The van der Waals surface area contributed by atoms with E-state index in [1.165, 1.54) is 6.42 Å². The van der Waals surface area contributed by atoms with Crippen LogP contribution in [0.1, 0.15) is 12.8 Å². The standard InChI is InChI=1S/C12H22N2O2/c1-13(2)11-3-5-14(7-11)8-12(15)10-4-6-16-9-10/h10-11H,3-9H2,1-2H3. The first-order valence-electron chi connectivity index (χ1n) is 6.16. The van der Waals surface area contributed by atoms with Crippen molar-refractivity contribution in [2.24, 2.45) is 5.92 Å². The lowest BCUT2D eigenvalue weighted by Gasteiger charge is -2.20. The molecule has 2 unspecified atom stereocenters. The fourth-order valence-electron chi connectivity index (χ4n) is 2.52. The zero-order valence-corrected chi connectivity index (χ0v) is 10.3. The molecular weight excluding hydrogens is 204 g/mol. The van der Waals surface area contributed by atoms with Gasteiger partial charge in [-0.1, -0.05) is 0 Å². The third kappa shape index (κ3) is 2.81. The highest BCUT2D eigenvalue weighted by atomic mass is 16.5. The molecule has 16 heavy (non-hydrogen) atoms. The van der Waals surface area contributed by atoms with E-state index in [2.05, 4.69) is 23.9 Å². The molecule has 0 radical (unpaired) electrons. The SMILES string of the molecule is CN(C)C1CCN(CC(=O)C2CCOC2)C1. The van der Waals surface area contributed by atoms with Gasteiger partial charge in [0.1, 0.15) is 0 Å². The largest absolute Gasteiger partial charge is 0.381 e. The summed E-state index contributed by atoms with van der Waals surface area (Å²) < 4.78 is 5.25. The van der Waals surface area contributed by atoms with E-state index in [0.29, 0.717) is 25.0 Å². The maximum absolute atomic E-state index is 11.9. The molecule has 0 spiro atoms. The van der Waals surface area contributed by atoms with E-state index in [1.54, 1.807) is 0 Å². The minimum atomic E-state index is 0.165. The fourth-order valence-corrected chi connectivity index (χ4v) is 2.52. The molecule has 92 valence electrons. The zero-order valence-electron chi connectivity index (χ0n) is 10.3. The maximum Gasteiger partial charge on any atom is 0.152 e. The molecular formula is C12H22N2O2. The van der Waals surface area contributed by atoms with Crippen molar-refractivity contribution in [3.05, 3.63) is 0 Å². The lowest BCUT2D eigenvalue weighted by Crippen LogP contribution is -2.35. The number of ketones is 1. The fraction of sp³-hybridized carbons (Fsp3) is 0.917. The van der Waals surface area contributed by atoms with Crippen LogP contribution in [0.4, 0.5) is 0 Å². The van der Waals surface area contributed by atoms with Gasteiger partial charge in [0.05, 0.1) is 13.2 Å². The summed E-state index contributed by atoms with van der Waals surface area (Å²) in [5, 5.41) is 0. The van der Waals surface area contributed by atoms with Crippen molar-refractivity contribution in [1.82, 2.24) is 9.80 Å². The Morgan fingerprint density at radius 2 is 2.25 bits per heavy atom. The molecule has 0 bridgehead atoms. The van der Waals surface area contributed by atoms with Gasteiger partial charge in [-0.25, -0.2) is 0 Å². The van der Waals surface area contributed by atoms with Gasteiger partial charge in [0, 0.05) is 31.7 Å². The summed E-state index contributed by atoms with van der Waals surface area (Å²) in [7, 11) is 4.22. The third-order valence-corrected chi connectivity index (χ3v) is 3.74. The topological polar surface area (TPSA) is 32.8 Å². The number of likely N-dealkylation sites (tertiary alicyclic amines) is 1. The van der Waals surface area contributed by atoms with Crippen LogP contribution in [0, 0.1) is 5.92 Å². The molecule has 0 amide bonds. The molecule has 2 aliphatic rings. The van der Waals surface area contributed by atoms with E-state index in [4.69, 9.17) is 4.74 Å². The average molecular weight is 226 g/mol. The number of ether oxygens (including phenoxy) is 1. The summed E-state index contributed by atoms with van der Waals surface area (Å²) in [4.78, 5) is 16.5. The quantitative estimate of drug-likeness (QED) is 0.687. The van der Waals surface area contributed by atoms with E-state index in [1.807, 2.05) is 0 Å². The first-order chi connectivity index (χ1) is 7.66. The van der Waals surface area contributed by atoms with Crippen LogP contribution in [0.5, 0.6) is 0 Å². The molecule has 2 heterocycles. The van der Waals surface area contributed by atoms with Crippen molar-refractivity contribution >= 4 is 5.78 Å². The average Bonchev–Trinajstić information content (AvgIpc) is 2.87. The first kappa shape index (κ1) is 12.0. The number of nitrogens with zero attached hydrogens (tertiary/aromatic N) is 2.